The number of hydrogen-bond acceptors (Lipinski definition) is 2. The minimum atomic E-state index is 0.395. The van der Waals surface area contributed by atoms with Gasteiger partial charge in [-0.25, -0.2) is 0 Å². The van der Waals surface area contributed by atoms with E-state index in [1.54, 1.807) is 0 Å². The SMILES string of the molecule is CN(CC1CCCO1)c1ccc(Br)cc1CBr. The molecule has 4 heteroatoms. The Bertz CT molecular complexity index is 378. The Hall–Kier alpha value is -0.0600. The van der Waals surface area contributed by atoms with Crippen molar-refractivity contribution in [2.75, 3.05) is 25.1 Å². The molecular formula is C13H17Br2NO. The Kier molecular flexibility index (Phi) is 4.88. The molecule has 1 aromatic carbocycles. The maximum Gasteiger partial charge on any atom is 0.0750 e. The number of anilines is 1. The van der Waals surface area contributed by atoms with Crippen molar-refractivity contribution in [2.24, 2.45) is 0 Å². The highest BCUT2D eigenvalue weighted by atomic mass is 79.9. The predicted octanol–water partition coefficient (Wildman–Crippen LogP) is 3.96. The van der Waals surface area contributed by atoms with Gasteiger partial charge in [0, 0.05) is 35.7 Å². The van der Waals surface area contributed by atoms with Crippen molar-refractivity contribution < 1.29 is 4.74 Å². The molecule has 0 aromatic heterocycles. The fourth-order valence-electron chi connectivity index (χ4n) is 2.23. The first kappa shape index (κ1) is 13.4. The molecule has 0 aliphatic carbocycles. The highest BCUT2D eigenvalue weighted by Crippen LogP contribution is 2.27. The van der Waals surface area contributed by atoms with Crippen molar-refractivity contribution in [3.63, 3.8) is 0 Å². The summed E-state index contributed by atoms with van der Waals surface area (Å²) in [5.74, 6) is 0. The van der Waals surface area contributed by atoms with Gasteiger partial charge in [-0.2, -0.15) is 0 Å². The second-order valence-corrected chi connectivity index (χ2v) is 5.90. The van der Waals surface area contributed by atoms with Gasteiger partial charge in [0.1, 0.15) is 0 Å². The van der Waals surface area contributed by atoms with E-state index in [0.717, 1.165) is 23.0 Å². The molecule has 1 aromatic rings. The molecule has 0 N–H and O–H groups in total. The van der Waals surface area contributed by atoms with Crippen molar-refractivity contribution in [1.29, 1.82) is 0 Å². The van der Waals surface area contributed by atoms with Gasteiger partial charge >= 0.3 is 0 Å². The first-order valence-electron chi connectivity index (χ1n) is 5.88. The third kappa shape index (κ3) is 3.46. The molecule has 0 saturated carbocycles. The number of likely N-dealkylation sites (N-methyl/N-ethyl adjacent to an activating group) is 1. The molecule has 1 saturated heterocycles. The van der Waals surface area contributed by atoms with E-state index in [2.05, 4.69) is 62.0 Å². The van der Waals surface area contributed by atoms with Crippen LogP contribution in [0.15, 0.2) is 22.7 Å². The van der Waals surface area contributed by atoms with Crippen LogP contribution in [0.5, 0.6) is 0 Å². The van der Waals surface area contributed by atoms with Gasteiger partial charge in [0.2, 0.25) is 0 Å². The summed E-state index contributed by atoms with van der Waals surface area (Å²) in [5, 5.41) is 0.873. The van der Waals surface area contributed by atoms with Crippen molar-refractivity contribution in [3.05, 3.63) is 28.2 Å². The molecule has 0 bridgehead atoms. The quantitative estimate of drug-likeness (QED) is 0.751. The molecule has 17 heavy (non-hydrogen) atoms. The lowest BCUT2D eigenvalue weighted by atomic mass is 10.1. The van der Waals surface area contributed by atoms with Gasteiger partial charge in [0.05, 0.1) is 6.10 Å². The zero-order chi connectivity index (χ0) is 12.3. The third-order valence-corrected chi connectivity index (χ3v) is 4.20. The van der Waals surface area contributed by atoms with E-state index < -0.39 is 0 Å². The van der Waals surface area contributed by atoms with Crippen LogP contribution < -0.4 is 4.90 Å². The Morgan fingerprint density at radius 3 is 2.94 bits per heavy atom. The summed E-state index contributed by atoms with van der Waals surface area (Å²) >= 11 is 7.06. The number of alkyl halides is 1. The molecular weight excluding hydrogens is 346 g/mol. The Labute approximate surface area is 120 Å². The summed E-state index contributed by atoms with van der Waals surface area (Å²) in [6, 6.07) is 6.42. The van der Waals surface area contributed by atoms with E-state index in [4.69, 9.17) is 4.74 Å². The maximum absolute atomic E-state index is 5.68. The van der Waals surface area contributed by atoms with Crippen LogP contribution in [0.25, 0.3) is 0 Å². The molecule has 1 fully saturated rings. The van der Waals surface area contributed by atoms with Crippen LogP contribution in [0, 0.1) is 0 Å². The van der Waals surface area contributed by atoms with Crippen molar-refractivity contribution >= 4 is 37.5 Å². The van der Waals surface area contributed by atoms with E-state index in [9.17, 15) is 0 Å². The molecule has 1 heterocycles. The van der Waals surface area contributed by atoms with E-state index in [0.29, 0.717) is 6.10 Å². The van der Waals surface area contributed by atoms with E-state index >= 15 is 0 Å². The minimum absolute atomic E-state index is 0.395. The first-order chi connectivity index (χ1) is 8.20. The molecule has 2 nitrogen and oxygen atoms in total. The van der Waals surface area contributed by atoms with Crippen LogP contribution in [0.4, 0.5) is 5.69 Å². The summed E-state index contributed by atoms with van der Waals surface area (Å²) < 4.78 is 6.81. The maximum atomic E-state index is 5.68. The molecule has 0 spiro atoms. The summed E-state index contributed by atoms with van der Waals surface area (Å²) in [4.78, 5) is 2.29. The van der Waals surface area contributed by atoms with Crippen LogP contribution >= 0.6 is 31.9 Å². The average Bonchev–Trinajstić information content (AvgIpc) is 2.81. The summed E-state index contributed by atoms with van der Waals surface area (Å²) in [6.45, 7) is 1.89. The van der Waals surface area contributed by atoms with Crippen molar-refractivity contribution in [3.8, 4) is 0 Å². The van der Waals surface area contributed by atoms with Crippen LogP contribution in [0.2, 0.25) is 0 Å². The smallest absolute Gasteiger partial charge is 0.0750 e. The molecule has 2 rings (SSSR count). The largest absolute Gasteiger partial charge is 0.376 e. The van der Waals surface area contributed by atoms with Gasteiger partial charge in [0.15, 0.2) is 0 Å². The number of rotatable bonds is 4. The molecule has 94 valence electrons. The Morgan fingerprint density at radius 2 is 2.29 bits per heavy atom. The molecule has 1 aliphatic heterocycles. The van der Waals surface area contributed by atoms with Gasteiger partial charge in [-0.1, -0.05) is 31.9 Å². The first-order valence-corrected chi connectivity index (χ1v) is 7.79. The zero-order valence-corrected chi connectivity index (χ0v) is 13.1. The zero-order valence-electron chi connectivity index (χ0n) is 9.96. The van der Waals surface area contributed by atoms with Crippen LogP contribution in [-0.2, 0) is 10.1 Å². The highest BCUT2D eigenvalue weighted by Gasteiger charge is 2.18. The lowest BCUT2D eigenvalue weighted by Gasteiger charge is -2.25. The molecule has 0 amide bonds. The Balaban J connectivity index is 2.09. The fourth-order valence-corrected chi connectivity index (χ4v) is 3.08. The van der Waals surface area contributed by atoms with Gasteiger partial charge < -0.3 is 9.64 Å². The van der Waals surface area contributed by atoms with E-state index in [1.807, 2.05) is 0 Å². The van der Waals surface area contributed by atoms with Crippen LogP contribution in [-0.4, -0.2) is 26.3 Å². The van der Waals surface area contributed by atoms with Gasteiger partial charge in [-0.05, 0) is 36.6 Å². The minimum Gasteiger partial charge on any atom is -0.376 e. The summed E-state index contributed by atoms with van der Waals surface area (Å²) in [5.41, 5.74) is 2.58. The van der Waals surface area contributed by atoms with Crippen molar-refractivity contribution in [2.45, 2.75) is 24.3 Å². The van der Waals surface area contributed by atoms with Crippen LogP contribution in [0.3, 0.4) is 0 Å². The molecule has 0 radical (unpaired) electrons. The standard InChI is InChI=1S/C13H17Br2NO/c1-16(9-12-3-2-6-17-12)13-5-4-11(15)7-10(13)8-14/h4-5,7,12H,2-3,6,8-9H2,1H3. The fraction of sp³-hybridized carbons (Fsp3) is 0.538. The number of hydrogen-bond donors (Lipinski definition) is 0. The summed E-state index contributed by atoms with van der Waals surface area (Å²) in [6.07, 6.45) is 2.78. The second kappa shape index (κ2) is 6.21. The van der Waals surface area contributed by atoms with Gasteiger partial charge in [-0.15, -0.1) is 0 Å². The molecule has 1 aliphatic rings. The lowest BCUT2D eigenvalue weighted by Crippen LogP contribution is -2.29. The van der Waals surface area contributed by atoms with E-state index in [1.165, 1.54) is 24.1 Å². The predicted molar refractivity (Wildman–Crippen MR) is 79.0 cm³/mol. The van der Waals surface area contributed by atoms with Gasteiger partial charge in [-0.3, -0.25) is 0 Å². The number of benzene rings is 1. The number of ether oxygens (including phenoxy) is 1. The topological polar surface area (TPSA) is 12.5 Å². The number of halogens is 2. The second-order valence-electron chi connectivity index (χ2n) is 4.42. The highest BCUT2D eigenvalue weighted by molar-refractivity contribution is 9.10. The van der Waals surface area contributed by atoms with E-state index in [-0.39, 0.29) is 0 Å². The lowest BCUT2D eigenvalue weighted by molar-refractivity contribution is 0.116. The third-order valence-electron chi connectivity index (χ3n) is 3.10. The number of nitrogens with zero attached hydrogens (tertiary/aromatic N) is 1. The van der Waals surface area contributed by atoms with Gasteiger partial charge in [0.25, 0.3) is 0 Å². The van der Waals surface area contributed by atoms with Crippen LogP contribution in [0.1, 0.15) is 18.4 Å². The van der Waals surface area contributed by atoms with Crippen molar-refractivity contribution in [1.82, 2.24) is 0 Å². The average molecular weight is 363 g/mol. The Morgan fingerprint density at radius 1 is 1.47 bits per heavy atom. The summed E-state index contributed by atoms with van der Waals surface area (Å²) in [7, 11) is 2.14. The molecule has 1 atom stereocenters. The normalized spacial score (nSPS) is 19.6. The monoisotopic (exact) mass is 361 g/mol. The molecule has 1 unspecified atom stereocenters.